The highest BCUT2D eigenvalue weighted by Gasteiger charge is 2.21. The minimum atomic E-state index is -1.08. The Morgan fingerprint density at radius 2 is 1.14 bits per heavy atom. The summed E-state index contributed by atoms with van der Waals surface area (Å²) in [6, 6.07) is 16.4. The monoisotopic (exact) mass is 314 g/mol. The van der Waals surface area contributed by atoms with Crippen LogP contribution in [0.4, 0.5) is 0 Å². The van der Waals surface area contributed by atoms with E-state index in [9.17, 15) is 4.55 Å². The van der Waals surface area contributed by atoms with Crippen molar-refractivity contribution in [3.8, 4) is 0 Å². The van der Waals surface area contributed by atoms with E-state index in [1.165, 1.54) is 11.1 Å². The van der Waals surface area contributed by atoms with Crippen LogP contribution in [0.25, 0.3) is 0 Å². The molecule has 0 amide bonds. The lowest BCUT2D eigenvalue weighted by molar-refractivity contribution is 0.591. The van der Waals surface area contributed by atoms with Crippen LogP contribution in [0.1, 0.15) is 50.7 Å². The third-order valence-electron chi connectivity index (χ3n) is 3.94. The van der Waals surface area contributed by atoms with E-state index >= 15 is 0 Å². The molecule has 118 valence electrons. The van der Waals surface area contributed by atoms with Gasteiger partial charge in [-0.3, -0.25) is 0 Å². The molecular formula is C20H26OS. The van der Waals surface area contributed by atoms with Gasteiger partial charge in [0.2, 0.25) is 0 Å². The van der Waals surface area contributed by atoms with E-state index in [0.29, 0.717) is 0 Å². The molecule has 0 aliphatic rings. The van der Waals surface area contributed by atoms with Crippen LogP contribution in [0.3, 0.4) is 0 Å². The molecule has 0 N–H and O–H groups in total. The van der Waals surface area contributed by atoms with Gasteiger partial charge in [0.1, 0.15) is 0 Å². The third-order valence-corrected chi connectivity index (χ3v) is 5.54. The lowest BCUT2D eigenvalue weighted by Crippen LogP contribution is -2.08. The van der Waals surface area contributed by atoms with Crippen molar-refractivity contribution in [2.24, 2.45) is 0 Å². The van der Waals surface area contributed by atoms with E-state index < -0.39 is 11.2 Å². The molecule has 2 rings (SSSR count). The van der Waals surface area contributed by atoms with E-state index in [-0.39, 0.29) is 0 Å². The average Bonchev–Trinajstić information content (AvgIpc) is 2.58. The van der Waals surface area contributed by atoms with Crippen molar-refractivity contribution in [1.29, 1.82) is 0 Å². The van der Waals surface area contributed by atoms with Crippen LogP contribution in [-0.4, -0.2) is 4.55 Å². The molecule has 0 unspecified atom stereocenters. The van der Waals surface area contributed by atoms with E-state index in [4.69, 9.17) is 0 Å². The van der Waals surface area contributed by atoms with Crippen LogP contribution in [0, 0.1) is 0 Å². The Balaban J connectivity index is 2.30. The highest BCUT2D eigenvalue weighted by Crippen LogP contribution is 2.28. The van der Waals surface area contributed by atoms with Gasteiger partial charge >= 0.3 is 0 Å². The summed E-state index contributed by atoms with van der Waals surface area (Å²) in [5.41, 5.74) is 2.46. The second kappa shape index (κ2) is 9.02. The van der Waals surface area contributed by atoms with Crippen LogP contribution in [0.2, 0.25) is 0 Å². The SMILES string of the molecule is CCCCc1ccccc1[S+]([O-])c1ccccc1CCCC. The lowest BCUT2D eigenvalue weighted by Gasteiger charge is -2.16. The highest BCUT2D eigenvalue weighted by molar-refractivity contribution is 7.91. The fourth-order valence-corrected chi connectivity index (χ4v) is 4.09. The highest BCUT2D eigenvalue weighted by atomic mass is 32.2. The molecule has 0 aliphatic heterocycles. The molecule has 0 bridgehead atoms. The molecule has 2 aromatic rings. The fraction of sp³-hybridized carbons (Fsp3) is 0.400. The summed E-state index contributed by atoms with van der Waals surface area (Å²) in [5.74, 6) is 0. The molecule has 22 heavy (non-hydrogen) atoms. The van der Waals surface area contributed by atoms with E-state index in [1.54, 1.807) is 0 Å². The van der Waals surface area contributed by atoms with Crippen molar-refractivity contribution in [3.05, 3.63) is 59.7 Å². The molecule has 2 aromatic carbocycles. The minimum absolute atomic E-state index is 0.986. The van der Waals surface area contributed by atoms with Crippen molar-refractivity contribution in [2.75, 3.05) is 0 Å². The van der Waals surface area contributed by atoms with E-state index in [0.717, 1.165) is 48.3 Å². The topological polar surface area (TPSA) is 23.1 Å². The molecular weight excluding hydrogens is 288 g/mol. The number of rotatable bonds is 8. The predicted octanol–water partition coefficient (Wildman–Crippen LogP) is 5.54. The second-order valence-electron chi connectivity index (χ2n) is 5.69. The molecule has 2 heteroatoms. The van der Waals surface area contributed by atoms with Gasteiger partial charge in [-0.05, 0) is 37.8 Å². The van der Waals surface area contributed by atoms with Gasteiger partial charge in [0.05, 0.1) is 0 Å². The summed E-state index contributed by atoms with van der Waals surface area (Å²) in [5, 5.41) is 0. The maximum atomic E-state index is 13.1. The summed E-state index contributed by atoms with van der Waals surface area (Å²) < 4.78 is 13.1. The maximum Gasteiger partial charge on any atom is 0.161 e. The zero-order chi connectivity index (χ0) is 15.8. The molecule has 0 aromatic heterocycles. The first-order valence-electron chi connectivity index (χ1n) is 8.35. The Bertz CT molecular complexity index is 528. The van der Waals surface area contributed by atoms with E-state index in [1.807, 2.05) is 24.3 Å². The van der Waals surface area contributed by atoms with Crippen molar-refractivity contribution in [3.63, 3.8) is 0 Å². The van der Waals surface area contributed by atoms with Gasteiger partial charge in [-0.15, -0.1) is 0 Å². The van der Waals surface area contributed by atoms with Gasteiger partial charge < -0.3 is 4.55 Å². The van der Waals surface area contributed by atoms with Gasteiger partial charge in [-0.25, -0.2) is 0 Å². The minimum Gasteiger partial charge on any atom is -0.606 e. The lowest BCUT2D eigenvalue weighted by atomic mass is 10.1. The molecule has 0 radical (unpaired) electrons. The molecule has 0 saturated carbocycles. The Hall–Kier alpha value is -1.25. The summed E-state index contributed by atoms with van der Waals surface area (Å²) in [4.78, 5) is 1.97. The van der Waals surface area contributed by atoms with Crippen LogP contribution >= 0.6 is 0 Å². The quantitative estimate of drug-likeness (QED) is 0.587. The van der Waals surface area contributed by atoms with Gasteiger partial charge in [0.25, 0.3) is 0 Å². The number of benzene rings is 2. The maximum absolute atomic E-state index is 13.1. The van der Waals surface area contributed by atoms with Crippen molar-refractivity contribution in [2.45, 2.75) is 62.2 Å². The molecule has 0 fully saturated rings. The smallest absolute Gasteiger partial charge is 0.161 e. The van der Waals surface area contributed by atoms with Crippen molar-refractivity contribution >= 4 is 11.2 Å². The molecule has 1 nitrogen and oxygen atoms in total. The van der Waals surface area contributed by atoms with Crippen LogP contribution in [0.5, 0.6) is 0 Å². The summed E-state index contributed by atoms with van der Waals surface area (Å²) in [7, 11) is 0. The summed E-state index contributed by atoms with van der Waals surface area (Å²) in [6.07, 6.45) is 6.63. The van der Waals surface area contributed by atoms with Crippen LogP contribution in [-0.2, 0) is 24.0 Å². The Morgan fingerprint density at radius 1 is 0.727 bits per heavy atom. The Kier molecular flexibility index (Phi) is 7.01. The molecule has 0 aliphatic carbocycles. The van der Waals surface area contributed by atoms with Crippen molar-refractivity contribution < 1.29 is 4.55 Å². The normalized spacial score (nSPS) is 11.1. The zero-order valence-electron chi connectivity index (χ0n) is 13.7. The number of aryl methyl sites for hydroxylation is 2. The average molecular weight is 314 g/mol. The standard InChI is InChI=1S/C20H26OS/c1-3-5-11-17-13-7-9-15-19(17)22(21)20-16-10-8-14-18(20)12-6-4-2/h7-10,13-16H,3-6,11-12H2,1-2H3. The molecule has 0 saturated heterocycles. The Morgan fingerprint density at radius 3 is 1.55 bits per heavy atom. The fourth-order valence-electron chi connectivity index (χ4n) is 2.64. The van der Waals surface area contributed by atoms with Crippen LogP contribution < -0.4 is 0 Å². The largest absolute Gasteiger partial charge is 0.606 e. The second-order valence-corrected chi connectivity index (χ2v) is 7.11. The van der Waals surface area contributed by atoms with Crippen LogP contribution in [0.15, 0.2) is 58.3 Å². The first-order chi connectivity index (χ1) is 10.8. The molecule has 0 atom stereocenters. The van der Waals surface area contributed by atoms with Gasteiger partial charge in [0, 0.05) is 22.3 Å². The predicted molar refractivity (Wildman–Crippen MR) is 94.8 cm³/mol. The number of hydrogen-bond donors (Lipinski definition) is 0. The number of unbranched alkanes of at least 4 members (excludes halogenated alkanes) is 2. The molecule has 0 spiro atoms. The number of hydrogen-bond acceptors (Lipinski definition) is 1. The van der Waals surface area contributed by atoms with Crippen molar-refractivity contribution in [1.82, 2.24) is 0 Å². The first kappa shape index (κ1) is 17.1. The van der Waals surface area contributed by atoms with Gasteiger partial charge in [0.15, 0.2) is 9.79 Å². The summed E-state index contributed by atoms with van der Waals surface area (Å²) >= 11 is -1.08. The van der Waals surface area contributed by atoms with Gasteiger partial charge in [-0.1, -0.05) is 63.1 Å². The first-order valence-corrected chi connectivity index (χ1v) is 9.50. The zero-order valence-corrected chi connectivity index (χ0v) is 14.5. The molecule has 0 heterocycles. The third kappa shape index (κ3) is 4.37. The Labute approximate surface area is 138 Å². The van der Waals surface area contributed by atoms with E-state index in [2.05, 4.69) is 38.1 Å². The van der Waals surface area contributed by atoms with Gasteiger partial charge in [-0.2, -0.15) is 0 Å². The summed E-state index contributed by atoms with van der Waals surface area (Å²) in [6.45, 7) is 4.39.